The van der Waals surface area contributed by atoms with Gasteiger partial charge in [0.05, 0.1) is 12.9 Å². The number of ether oxygens (including phenoxy) is 1. The van der Waals surface area contributed by atoms with Gasteiger partial charge in [0.25, 0.3) is 5.89 Å². The van der Waals surface area contributed by atoms with Crippen molar-refractivity contribution in [1.82, 2.24) is 9.88 Å². The molecule has 2 aromatic rings. The summed E-state index contributed by atoms with van der Waals surface area (Å²) in [6, 6.07) is 5.63. The summed E-state index contributed by atoms with van der Waals surface area (Å²) in [7, 11) is 1.71. The van der Waals surface area contributed by atoms with Crippen molar-refractivity contribution in [1.29, 1.82) is 5.26 Å². The maximum Gasteiger partial charge on any atom is 0.266 e. The van der Waals surface area contributed by atoms with Crippen LogP contribution >= 0.6 is 0 Å². The van der Waals surface area contributed by atoms with Crippen molar-refractivity contribution in [3.8, 4) is 17.7 Å². The van der Waals surface area contributed by atoms with Crippen molar-refractivity contribution in [3.63, 3.8) is 0 Å². The van der Waals surface area contributed by atoms with Gasteiger partial charge in [-0.3, -0.25) is 4.90 Å². The predicted octanol–water partition coefficient (Wildman–Crippen LogP) is 1.57. The van der Waals surface area contributed by atoms with Crippen molar-refractivity contribution in [2.24, 2.45) is 0 Å². The van der Waals surface area contributed by atoms with E-state index in [0.717, 1.165) is 39.3 Å². The van der Waals surface area contributed by atoms with E-state index in [1.165, 1.54) is 0 Å². The van der Waals surface area contributed by atoms with Gasteiger partial charge in [-0.25, -0.2) is 0 Å². The quantitative estimate of drug-likeness (QED) is 0.829. The molecule has 1 fully saturated rings. The van der Waals surface area contributed by atoms with Gasteiger partial charge in [-0.1, -0.05) is 0 Å². The van der Waals surface area contributed by atoms with Gasteiger partial charge in [0.2, 0.25) is 11.6 Å². The summed E-state index contributed by atoms with van der Waals surface area (Å²) in [6.45, 7) is 5.06. The molecule has 0 aromatic carbocycles. The Morgan fingerprint density at radius 3 is 2.82 bits per heavy atom. The Labute approximate surface area is 128 Å². The predicted molar refractivity (Wildman–Crippen MR) is 79.4 cm³/mol. The van der Waals surface area contributed by atoms with Gasteiger partial charge in [0.1, 0.15) is 6.07 Å². The van der Waals surface area contributed by atoms with Crippen molar-refractivity contribution >= 4 is 5.88 Å². The number of aromatic nitrogens is 1. The van der Waals surface area contributed by atoms with Crippen molar-refractivity contribution in [2.75, 3.05) is 51.3 Å². The second-order valence-electron chi connectivity index (χ2n) is 5.08. The fraction of sp³-hybridized carbons (Fsp3) is 0.467. The number of piperazine rings is 1. The lowest BCUT2D eigenvalue weighted by atomic mass is 10.3. The van der Waals surface area contributed by atoms with E-state index in [9.17, 15) is 5.26 Å². The molecule has 116 valence electrons. The third kappa shape index (κ3) is 2.98. The molecule has 0 atom stereocenters. The molecule has 22 heavy (non-hydrogen) atoms. The minimum absolute atomic E-state index is 0.303. The van der Waals surface area contributed by atoms with E-state index in [0.29, 0.717) is 23.2 Å². The number of hydrogen-bond donors (Lipinski definition) is 0. The number of hydrogen-bond acceptors (Lipinski definition) is 7. The van der Waals surface area contributed by atoms with Gasteiger partial charge in [0, 0.05) is 39.8 Å². The number of anilines is 1. The molecule has 3 rings (SSSR count). The largest absolute Gasteiger partial charge is 0.459 e. The molecular formula is C15H18N4O3. The molecule has 3 heterocycles. The van der Waals surface area contributed by atoms with Crippen molar-refractivity contribution < 1.29 is 13.6 Å². The van der Waals surface area contributed by atoms with Crippen LogP contribution in [0.4, 0.5) is 5.88 Å². The topological polar surface area (TPSA) is 78.7 Å². The van der Waals surface area contributed by atoms with Crippen LogP contribution in [0.3, 0.4) is 0 Å². The number of furan rings is 1. The number of oxazole rings is 1. The molecule has 0 saturated carbocycles. The summed E-state index contributed by atoms with van der Waals surface area (Å²) in [5.74, 6) is 1.40. The molecular weight excluding hydrogens is 284 g/mol. The van der Waals surface area contributed by atoms with E-state index in [-0.39, 0.29) is 0 Å². The molecule has 0 N–H and O–H groups in total. The average Bonchev–Trinajstić information content (AvgIpc) is 3.22. The number of nitriles is 1. The highest BCUT2D eigenvalue weighted by atomic mass is 16.5. The van der Waals surface area contributed by atoms with Crippen LogP contribution < -0.4 is 4.90 Å². The van der Waals surface area contributed by atoms with Crippen LogP contribution in [0.25, 0.3) is 11.7 Å². The maximum atomic E-state index is 9.27. The number of methoxy groups -OCH3 is 1. The Morgan fingerprint density at radius 1 is 1.36 bits per heavy atom. The Bertz CT molecular complexity index is 636. The van der Waals surface area contributed by atoms with Crippen LogP contribution in [0.15, 0.2) is 27.2 Å². The van der Waals surface area contributed by atoms with E-state index in [1.54, 1.807) is 25.5 Å². The van der Waals surface area contributed by atoms with Crippen molar-refractivity contribution in [2.45, 2.75) is 0 Å². The third-order valence-electron chi connectivity index (χ3n) is 3.72. The van der Waals surface area contributed by atoms with Crippen LogP contribution in [0.1, 0.15) is 5.69 Å². The van der Waals surface area contributed by atoms with E-state index in [4.69, 9.17) is 13.6 Å². The first-order valence-corrected chi connectivity index (χ1v) is 7.23. The molecule has 7 nitrogen and oxygen atoms in total. The molecule has 0 radical (unpaired) electrons. The third-order valence-corrected chi connectivity index (χ3v) is 3.72. The first-order chi connectivity index (χ1) is 10.8. The van der Waals surface area contributed by atoms with Gasteiger partial charge >= 0.3 is 0 Å². The molecule has 1 saturated heterocycles. The highest BCUT2D eigenvalue weighted by Gasteiger charge is 2.25. The van der Waals surface area contributed by atoms with E-state index in [2.05, 4.69) is 20.9 Å². The van der Waals surface area contributed by atoms with E-state index >= 15 is 0 Å². The Kier molecular flexibility index (Phi) is 4.42. The minimum Gasteiger partial charge on any atom is -0.459 e. The van der Waals surface area contributed by atoms with Gasteiger partial charge in [0.15, 0.2) is 5.76 Å². The normalized spacial score (nSPS) is 15.9. The zero-order chi connectivity index (χ0) is 15.4. The second-order valence-corrected chi connectivity index (χ2v) is 5.08. The molecule has 0 aliphatic carbocycles. The molecule has 1 aliphatic rings. The van der Waals surface area contributed by atoms with Gasteiger partial charge in [-0.2, -0.15) is 10.2 Å². The lowest BCUT2D eigenvalue weighted by Gasteiger charge is -2.34. The molecule has 7 heteroatoms. The molecule has 2 aromatic heterocycles. The Balaban J connectivity index is 1.72. The van der Waals surface area contributed by atoms with Gasteiger partial charge < -0.3 is 18.5 Å². The Hall–Kier alpha value is -2.30. The van der Waals surface area contributed by atoms with Crippen LogP contribution in [0.5, 0.6) is 0 Å². The van der Waals surface area contributed by atoms with Crippen LogP contribution in [-0.2, 0) is 4.74 Å². The molecule has 0 unspecified atom stereocenters. The average molecular weight is 302 g/mol. The first kappa shape index (κ1) is 14.6. The zero-order valence-corrected chi connectivity index (χ0v) is 12.5. The van der Waals surface area contributed by atoms with Crippen LogP contribution in [-0.4, -0.2) is 56.3 Å². The molecule has 1 aliphatic heterocycles. The standard InChI is InChI=1S/C15H18N4O3/c1-20-10-8-18-4-6-19(7-5-18)15-12(11-16)17-14(22-15)13-3-2-9-21-13/h2-3,9H,4-8,10H2,1H3. The highest BCUT2D eigenvalue weighted by molar-refractivity contribution is 5.55. The maximum absolute atomic E-state index is 9.27. The van der Waals surface area contributed by atoms with Gasteiger partial charge in [-0.05, 0) is 12.1 Å². The minimum atomic E-state index is 0.303. The molecule has 0 bridgehead atoms. The Morgan fingerprint density at radius 2 is 2.18 bits per heavy atom. The highest BCUT2D eigenvalue weighted by Crippen LogP contribution is 2.28. The summed E-state index contributed by atoms with van der Waals surface area (Å²) < 4.78 is 16.1. The van der Waals surface area contributed by atoms with Crippen LogP contribution in [0.2, 0.25) is 0 Å². The van der Waals surface area contributed by atoms with Crippen molar-refractivity contribution in [3.05, 3.63) is 24.1 Å². The van der Waals surface area contributed by atoms with E-state index < -0.39 is 0 Å². The first-order valence-electron chi connectivity index (χ1n) is 7.23. The zero-order valence-electron chi connectivity index (χ0n) is 12.5. The number of nitrogens with zero attached hydrogens (tertiary/aromatic N) is 4. The summed E-state index contributed by atoms with van der Waals surface area (Å²) in [6.07, 6.45) is 1.56. The lowest BCUT2D eigenvalue weighted by molar-refractivity contribution is 0.143. The monoisotopic (exact) mass is 302 g/mol. The number of rotatable bonds is 5. The van der Waals surface area contributed by atoms with E-state index in [1.807, 2.05) is 0 Å². The summed E-state index contributed by atoms with van der Waals surface area (Å²) >= 11 is 0. The summed E-state index contributed by atoms with van der Waals surface area (Å²) in [5.41, 5.74) is 0.303. The smallest absolute Gasteiger partial charge is 0.266 e. The molecule has 0 spiro atoms. The van der Waals surface area contributed by atoms with Gasteiger partial charge in [-0.15, -0.1) is 0 Å². The second kappa shape index (κ2) is 6.64. The summed E-state index contributed by atoms with van der Waals surface area (Å²) in [5, 5.41) is 9.27. The fourth-order valence-electron chi connectivity index (χ4n) is 2.50. The fourth-order valence-corrected chi connectivity index (χ4v) is 2.50. The SMILES string of the molecule is COCCN1CCN(c2oc(-c3ccco3)nc2C#N)CC1. The van der Waals surface area contributed by atoms with Crippen LogP contribution in [0, 0.1) is 11.3 Å². The molecule has 0 amide bonds. The lowest BCUT2D eigenvalue weighted by Crippen LogP contribution is -2.47. The summed E-state index contributed by atoms with van der Waals surface area (Å²) in [4.78, 5) is 8.60.